The zero-order valence-corrected chi connectivity index (χ0v) is 12.2. The van der Waals surface area contributed by atoms with Crippen LogP contribution in [-0.2, 0) is 11.3 Å². The molecule has 0 saturated carbocycles. The molecule has 1 heterocycles. The Morgan fingerprint density at radius 3 is 2.90 bits per heavy atom. The van der Waals surface area contributed by atoms with Crippen LogP contribution in [0.3, 0.4) is 0 Å². The minimum Gasteiger partial charge on any atom is -0.492 e. The SMILES string of the molecule is CCCC1NC(=O)N(CCOc2cccc(CN)c2)C1=O. The molecule has 21 heavy (non-hydrogen) atoms. The second-order valence-corrected chi connectivity index (χ2v) is 4.98. The van der Waals surface area contributed by atoms with Gasteiger partial charge in [0.1, 0.15) is 18.4 Å². The van der Waals surface area contributed by atoms with Gasteiger partial charge < -0.3 is 15.8 Å². The van der Waals surface area contributed by atoms with E-state index in [1.807, 2.05) is 31.2 Å². The summed E-state index contributed by atoms with van der Waals surface area (Å²) < 4.78 is 5.57. The molecule has 0 radical (unpaired) electrons. The fourth-order valence-electron chi connectivity index (χ4n) is 2.29. The molecule has 1 aromatic carbocycles. The molecule has 1 unspecified atom stereocenters. The van der Waals surface area contributed by atoms with Crippen LogP contribution < -0.4 is 15.8 Å². The van der Waals surface area contributed by atoms with E-state index in [4.69, 9.17) is 10.5 Å². The van der Waals surface area contributed by atoms with Crippen molar-refractivity contribution in [2.75, 3.05) is 13.2 Å². The lowest BCUT2D eigenvalue weighted by Crippen LogP contribution is -2.35. The Morgan fingerprint density at radius 1 is 1.38 bits per heavy atom. The van der Waals surface area contributed by atoms with Crippen LogP contribution in [0.2, 0.25) is 0 Å². The molecule has 114 valence electrons. The number of rotatable bonds is 7. The lowest BCUT2D eigenvalue weighted by molar-refractivity contribution is -0.127. The molecule has 1 aliphatic rings. The molecule has 1 aromatic rings. The number of nitrogens with zero attached hydrogens (tertiary/aromatic N) is 1. The van der Waals surface area contributed by atoms with E-state index >= 15 is 0 Å². The smallest absolute Gasteiger partial charge is 0.324 e. The second kappa shape index (κ2) is 7.08. The van der Waals surface area contributed by atoms with Crippen molar-refractivity contribution in [2.45, 2.75) is 32.4 Å². The average molecular weight is 291 g/mol. The molecule has 0 aliphatic carbocycles. The normalized spacial score (nSPS) is 18.0. The van der Waals surface area contributed by atoms with Crippen molar-refractivity contribution in [3.05, 3.63) is 29.8 Å². The van der Waals surface area contributed by atoms with E-state index in [0.29, 0.717) is 18.7 Å². The van der Waals surface area contributed by atoms with Gasteiger partial charge in [0.15, 0.2) is 0 Å². The first-order valence-electron chi connectivity index (χ1n) is 7.19. The maximum Gasteiger partial charge on any atom is 0.324 e. The van der Waals surface area contributed by atoms with Crippen LogP contribution in [0.4, 0.5) is 4.79 Å². The van der Waals surface area contributed by atoms with Gasteiger partial charge in [0.05, 0.1) is 6.54 Å². The van der Waals surface area contributed by atoms with Crippen LogP contribution in [0.5, 0.6) is 5.75 Å². The molecule has 3 amide bonds. The zero-order chi connectivity index (χ0) is 15.2. The van der Waals surface area contributed by atoms with Crippen LogP contribution in [0.25, 0.3) is 0 Å². The minimum absolute atomic E-state index is 0.166. The number of hydrogen-bond donors (Lipinski definition) is 2. The number of imide groups is 1. The first-order chi connectivity index (χ1) is 10.2. The van der Waals surface area contributed by atoms with E-state index in [9.17, 15) is 9.59 Å². The van der Waals surface area contributed by atoms with Crippen molar-refractivity contribution in [3.8, 4) is 5.75 Å². The molecule has 0 spiro atoms. The average Bonchev–Trinajstić information content (AvgIpc) is 2.75. The number of carbonyl (C=O) groups excluding carboxylic acids is 2. The lowest BCUT2D eigenvalue weighted by Gasteiger charge is -2.14. The molecule has 0 bridgehead atoms. The predicted octanol–water partition coefficient (Wildman–Crippen LogP) is 1.24. The summed E-state index contributed by atoms with van der Waals surface area (Å²) in [4.78, 5) is 25.0. The minimum atomic E-state index is -0.386. The summed E-state index contributed by atoms with van der Waals surface area (Å²) in [5, 5.41) is 2.69. The van der Waals surface area contributed by atoms with Gasteiger partial charge in [-0.05, 0) is 24.1 Å². The lowest BCUT2D eigenvalue weighted by atomic mass is 10.2. The van der Waals surface area contributed by atoms with Gasteiger partial charge in [0.2, 0.25) is 0 Å². The maximum atomic E-state index is 12.0. The Labute approximate surface area is 124 Å². The van der Waals surface area contributed by atoms with E-state index in [2.05, 4.69) is 5.32 Å². The maximum absolute atomic E-state index is 12.0. The topological polar surface area (TPSA) is 84.7 Å². The molecule has 2 rings (SSSR count). The fraction of sp³-hybridized carbons (Fsp3) is 0.467. The van der Waals surface area contributed by atoms with Crippen molar-refractivity contribution < 1.29 is 14.3 Å². The molecule has 1 aliphatic heterocycles. The number of nitrogens with two attached hydrogens (primary N) is 1. The Morgan fingerprint density at radius 2 is 2.19 bits per heavy atom. The van der Waals surface area contributed by atoms with Gasteiger partial charge in [-0.3, -0.25) is 9.69 Å². The quantitative estimate of drug-likeness (QED) is 0.740. The molecule has 1 atom stereocenters. The summed E-state index contributed by atoms with van der Waals surface area (Å²) >= 11 is 0. The number of urea groups is 1. The summed E-state index contributed by atoms with van der Waals surface area (Å²) in [6.07, 6.45) is 1.52. The Kier molecular flexibility index (Phi) is 5.16. The van der Waals surface area contributed by atoms with Crippen LogP contribution in [-0.4, -0.2) is 36.0 Å². The highest BCUT2D eigenvalue weighted by Crippen LogP contribution is 2.14. The molecule has 1 fully saturated rings. The highest BCUT2D eigenvalue weighted by Gasteiger charge is 2.36. The van der Waals surface area contributed by atoms with Gasteiger partial charge >= 0.3 is 6.03 Å². The Balaban J connectivity index is 1.85. The Hall–Kier alpha value is -2.08. The number of amides is 3. The first kappa shape index (κ1) is 15.3. The van der Waals surface area contributed by atoms with Crippen LogP contribution in [0.1, 0.15) is 25.3 Å². The van der Waals surface area contributed by atoms with Crippen molar-refractivity contribution in [3.63, 3.8) is 0 Å². The molecular weight excluding hydrogens is 270 g/mol. The van der Waals surface area contributed by atoms with E-state index in [0.717, 1.165) is 12.0 Å². The van der Waals surface area contributed by atoms with Crippen LogP contribution in [0, 0.1) is 0 Å². The molecule has 3 N–H and O–H groups in total. The van der Waals surface area contributed by atoms with Crippen molar-refractivity contribution in [2.24, 2.45) is 5.73 Å². The molecule has 1 saturated heterocycles. The predicted molar refractivity (Wildman–Crippen MR) is 78.8 cm³/mol. The molecule has 6 heteroatoms. The number of nitrogens with one attached hydrogen (secondary N) is 1. The third kappa shape index (κ3) is 3.72. The van der Waals surface area contributed by atoms with E-state index in [1.165, 1.54) is 4.90 Å². The Bertz CT molecular complexity index is 519. The summed E-state index contributed by atoms with van der Waals surface area (Å²) in [6, 6.07) is 6.74. The fourth-order valence-corrected chi connectivity index (χ4v) is 2.29. The van der Waals surface area contributed by atoms with Gasteiger partial charge in [0.25, 0.3) is 5.91 Å². The molecular formula is C15H21N3O3. The number of carbonyl (C=O) groups is 2. The van der Waals surface area contributed by atoms with E-state index in [-0.39, 0.29) is 31.1 Å². The molecule has 6 nitrogen and oxygen atoms in total. The van der Waals surface area contributed by atoms with E-state index in [1.54, 1.807) is 0 Å². The molecule has 0 aromatic heterocycles. The number of ether oxygens (including phenoxy) is 1. The largest absolute Gasteiger partial charge is 0.492 e. The van der Waals surface area contributed by atoms with Gasteiger partial charge in [-0.15, -0.1) is 0 Å². The summed E-state index contributed by atoms with van der Waals surface area (Å²) in [5.74, 6) is 0.524. The first-order valence-corrected chi connectivity index (χ1v) is 7.19. The standard InChI is InChI=1S/C15H21N3O3/c1-2-4-13-14(19)18(15(20)17-13)7-8-21-12-6-3-5-11(9-12)10-16/h3,5-6,9,13H,2,4,7-8,10,16H2,1H3,(H,17,20). The third-order valence-corrected chi connectivity index (χ3v) is 3.40. The van der Waals surface area contributed by atoms with Gasteiger partial charge in [-0.1, -0.05) is 25.5 Å². The summed E-state index contributed by atoms with van der Waals surface area (Å²) in [5.41, 5.74) is 6.54. The van der Waals surface area contributed by atoms with Gasteiger partial charge in [-0.2, -0.15) is 0 Å². The van der Waals surface area contributed by atoms with Gasteiger partial charge in [-0.25, -0.2) is 4.79 Å². The summed E-state index contributed by atoms with van der Waals surface area (Å²) in [6.45, 7) is 2.95. The highest BCUT2D eigenvalue weighted by molar-refractivity contribution is 6.04. The number of hydrogen-bond acceptors (Lipinski definition) is 4. The van der Waals surface area contributed by atoms with E-state index < -0.39 is 0 Å². The second-order valence-electron chi connectivity index (χ2n) is 4.98. The van der Waals surface area contributed by atoms with Crippen molar-refractivity contribution in [1.82, 2.24) is 10.2 Å². The van der Waals surface area contributed by atoms with Crippen LogP contribution >= 0.6 is 0 Å². The zero-order valence-electron chi connectivity index (χ0n) is 12.2. The van der Waals surface area contributed by atoms with Crippen molar-refractivity contribution >= 4 is 11.9 Å². The third-order valence-electron chi connectivity index (χ3n) is 3.40. The number of benzene rings is 1. The van der Waals surface area contributed by atoms with Crippen LogP contribution in [0.15, 0.2) is 24.3 Å². The summed E-state index contributed by atoms with van der Waals surface area (Å²) in [7, 11) is 0. The van der Waals surface area contributed by atoms with Gasteiger partial charge in [0, 0.05) is 6.54 Å². The van der Waals surface area contributed by atoms with Crippen molar-refractivity contribution in [1.29, 1.82) is 0 Å². The monoisotopic (exact) mass is 291 g/mol. The highest BCUT2D eigenvalue weighted by atomic mass is 16.5.